The molecule has 56 valence electrons. The number of nitriles is 1. The molecule has 0 fully saturated rings. The van der Waals surface area contributed by atoms with Crippen molar-refractivity contribution in [3.05, 3.63) is 30.4 Å². The predicted octanol–water partition coefficient (Wildman–Crippen LogP) is 1.79. The SMILES string of the molecule is CO/C=C(\C#N)c1ccoc1. The van der Waals surface area contributed by atoms with Crippen LogP contribution in [0.15, 0.2) is 29.3 Å². The van der Waals surface area contributed by atoms with Crippen LogP contribution in [0.5, 0.6) is 0 Å². The summed E-state index contributed by atoms with van der Waals surface area (Å²) in [5, 5.41) is 8.59. The third-order valence-corrected chi connectivity index (χ3v) is 1.19. The lowest BCUT2D eigenvalue weighted by Crippen LogP contribution is -1.77. The van der Waals surface area contributed by atoms with Crippen molar-refractivity contribution >= 4 is 5.57 Å². The molecule has 1 aromatic rings. The maximum Gasteiger partial charge on any atom is 0.103 e. The second-order valence-corrected chi connectivity index (χ2v) is 1.89. The van der Waals surface area contributed by atoms with E-state index in [1.54, 1.807) is 6.07 Å². The summed E-state index contributed by atoms with van der Waals surface area (Å²) in [7, 11) is 1.50. The van der Waals surface area contributed by atoms with Crippen LogP contribution in [0.3, 0.4) is 0 Å². The minimum atomic E-state index is 0.459. The Bertz CT molecular complexity index is 280. The van der Waals surface area contributed by atoms with Crippen LogP contribution in [0.25, 0.3) is 5.57 Å². The summed E-state index contributed by atoms with van der Waals surface area (Å²) in [6.45, 7) is 0. The molecule has 0 unspecified atom stereocenters. The number of methoxy groups -OCH3 is 1. The number of allylic oxidation sites excluding steroid dienone is 1. The van der Waals surface area contributed by atoms with E-state index in [1.807, 2.05) is 6.07 Å². The van der Waals surface area contributed by atoms with E-state index in [1.165, 1.54) is 25.9 Å². The van der Waals surface area contributed by atoms with E-state index in [0.29, 0.717) is 5.57 Å². The van der Waals surface area contributed by atoms with Gasteiger partial charge in [0.05, 0.1) is 25.2 Å². The van der Waals surface area contributed by atoms with E-state index >= 15 is 0 Å². The van der Waals surface area contributed by atoms with Crippen LogP contribution in [-0.4, -0.2) is 7.11 Å². The van der Waals surface area contributed by atoms with E-state index in [2.05, 4.69) is 0 Å². The van der Waals surface area contributed by atoms with Gasteiger partial charge in [0.1, 0.15) is 12.3 Å². The average Bonchev–Trinajstić information content (AvgIpc) is 2.52. The van der Waals surface area contributed by atoms with Crippen LogP contribution in [0.2, 0.25) is 0 Å². The standard InChI is InChI=1S/C8H7NO2/c1-10-5-8(4-9)7-2-3-11-6-7/h2-3,5-6H,1H3/b8-5+. The minimum Gasteiger partial charge on any atom is -0.503 e. The Hall–Kier alpha value is -1.69. The maximum atomic E-state index is 8.59. The van der Waals surface area contributed by atoms with Crippen LogP contribution < -0.4 is 0 Å². The van der Waals surface area contributed by atoms with Crippen LogP contribution in [0.4, 0.5) is 0 Å². The molecule has 0 aliphatic heterocycles. The number of furan rings is 1. The Labute approximate surface area is 64.5 Å². The molecule has 1 heterocycles. The summed E-state index contributed by atoms with van der Waals surface area (Å²) in [5.41, 5.74) is 1.19. The van der Waals surface area contributed by atoms with Crippen molar-refractivity contribution in [2.24, 2.45) is 0 Å². The van der Waals surface area contributed by atoms with Gasteiger partial charge in [-0.3, -0.25) is 0 Å². The number of ether oxygens (including phenoxy) is 1. The lowest BCUT2D eigenvalue weighted by Gasteiger charge is -1.90. The first-order chi connectivity index (χ1) is 5.38. The lowest BCUT2D eigenvalue weighted by atomic mass is 10.2. The van der Waals surface area contributed by atoms with Crippen molar-refractivity contribution in [3.63, 3.8) is 0 Å². The van der Waals surface area contributed by atoms with Crippen molar-refractivity contribution in [3.8, 4) is 6.07 Å². The van der Waals surface area contributed by atoms with Gasteiger partial charge >= 0.3 is 0 Å². The molecule has 0 amide bonds. The van der Waals surface area contributed by atoms with Gasteiger partial charge in [-0.05, 0) is 6.07 Å². The van der Waals surface area contributed by atoms with Gasteiger partial charge in [-0.15, -0.1) is 0 Å². The Kier molecular flexibility index (Phi) is 2.34. The molecule has 0 bridgehead atoms. The van der Waals surface area contributed by atoms with Crippen molar-refractivity contribution in [1.82, 2.24) is 0 Å². The number of nitrogens with zero attached hydrogens (tertiary/aromatic N) is 1. The van der Waals surface area contributed by atoms with Crippen LogP contribution in [0, 0.1) is 11.3 Å². The molecule has 11 heavy (non-hydrogen) atoms. The first-order valence-electron chi connectivity index (χ1n) is 3.04. The van der Waals surface area contributed by atoms with Crippen molar-refractivity contribution in [2.75, 3.05) is 7.11 Å². The fraction of sp³-hybridized carbons (Fsp3) is 0.125. The number of hydrogen-bond acceptors (Lipinski definition) is 3. The van der Waals surface area contributed by atoms with E-state index in [4.69, 9.17) is 14.4 Å². The zero-order valence-corrected chi connectivity index (χ0v) is 6.07. The highest BCUT2D eigenvalue weighted by atomic mass is 16.5. The Balaban J connectivity index is 2.91. The van der Waals surface area contributed by atoms with Gasteiger partial charge in [0, 0.05) is 5.56 Å². The molecule has 3 heteroatoms. The summed E-state index contributed by atoms with van der Waals surface area (Å²) in [4.78, 5) is 0. The van der Waals surface area contributed by atoms with Crippen molar-refractivity contribution in [1.29, 1.82) is 5.26 Å². The Morgan fingerprint density at radius 3 is 3.09 bits per heavy atom. The van der Waals surface area contributed by atoms with E-state index in [0.717, 1.165) is 5.56 Å². The molecule has 0 N–H and O–H groups in total. The first-order valence-corrected chi connectivity index (χ1v) is 3.04. The number of hydrogen-bond donors (Lipinski definition) is 0. The normalized spacial score (nSPS) is 10.7. The Morgan fingerprint density at radius 2 is 2.64 bits per heavy atom. The molecule has 0 aliphatic carbocycles. The van der Waals surface area contributed by atoms with Gasteiger partial charge < -0.3 is 9.15 Å². The van der Waals surface area contributed by atoms with Crippen LogP contribution >= 0.6 is 0 Å². The average molecular weight is 149 g/mol. The van der Waals surface area contributed by atoms with Gasteiger partial charge in [0.15, 0.2) is 0 Å². The van der Waals surface area contributed by atoms with Gasteiger partial charge in [-0.2, -0.15) is 5.26 Å². The third-order valence-electron chi connectivity index (χ3n) is 1.19. The third kappa shape index (κ3) is 1.62. The minimum absolute atomic E-state index is 0.459. The van der Waals surface area contributed by atoms with E-state index < -0.39 is 0 Å². The van der Waals surface area contributed by atoms with Crippen molar-refractivity contribution < 1.29 is 9.15 Å². The van der Waals surface area contributed by atoms with E-state index in [-0.39, 0.29) is 0 Å². The smallest absolute Gasteiger partial charge is 0.103 e. The van der Waals surface area contributed by atoms with Gasteiger partial charge in [-0.25, -0.2) is 0 Å². The molecule has 0 radical (unpaired) electrons. The number of rotatable bonds is 2. The quantitative estimate of drug-likeness (QED) is 0.475. The fourth-order valence-electron chi connectivity index (χ4n) is 0.695. The van der Waals surface area contributed by atoms with E-state index in [9.17, 15) is 0 Å². The maximum absolute atomic E-state index is 8.59. The molecule has 0 saturated heterocycles. The summed E-state index contributed by atoms with van der Waals surface area (Å²) >= 11 is 0. The molecule has 0 spiro atoms. The topological polar surface area (TPSA) is 46.2 Å². The molecule has 0 aromatic carbocycles. The highest BCUT2D eigenvalue weighted by molar-refractivity contribution is 5.75. The molecular weight excluding hydrogens is 142 g/mol. The summed E-state index contributed by atoms with van der Waals surface area (Å²) in [5.74, 6) is 0. The lowest BCUT2D eigenvalue weighted by molar-refractivity contribution is 0.340. The summed E-state index contributed by atoms with van der Waals surface area (Å²) in [6, 6.07) is 3.68. The summed E-state index contributed by atoms with van der Waals surface area (Å²) in [6.07, 6.45) is 4.38. The highest BCUT2D eigenvalue weighted by Crippen LogP contribution is 2.12. The zero-order valence-electron chi connectivity index (χ0n) is 6.07. The highest BCUT2D eigenvalue weighted by Gasteiger charge is 2.00. The van der Waals surface area contributed by atoms with Crippen LogP contribution in [-0.2, 0) is 4.74 Å². The molecule has 3 nitrogen and oxygen atoms in total. The molecule has 0 aliphatic rings. The predicted molar refractivity (Wildman–Crippen MR) is 39.3 cm³/mol. The largest absolute Gasteiger partial charge is 0.503 e. The monoisotopic (exact) mass is 149 g/mol. The fourth-order valence-corrected chi connectivity index (χ4v) is 0.695. The zero-order chi connectivity index (χ0) is 8.10. The van der Waals surface area contributed by atoms with Crippen molar-refractivity contribution in [2.45, 2.75) is 0 Å². The molecule has 0 saturated carbocycles. The summed E-state index contributed by atoms with van der Waals surface area (Å²) < 4.78 is 9.49. The molecule has 1 aromatic heterocycles. The first kappa shape index (κ1) is 7.42. The van der Waals surface area contributed by atoms with Gasteiger partial charge in [0.2, 0.25) is 0 Å². The second kappa shape index (κ2) is 3.47. The molecule has 0 atom stereocenters. The van der Waals surface area contributed by atoms with Gasteiger partial charge in [0.25, 0.3) is 0 Å². The Morgan fingerprint density at radius 1 is 1.82 bits per heavy atom. The van der Waals surface area contributed by atoms with Crippen LogP contribution in [0.1, 0.15) is 5.56 Å². The molecular formula is C8H7NO2. The van der Waals surface area contributed by atoms with Gasteiger partial charge in [-0.1, -0.05) is 0 Å². The second-order valence-electron chi connectivity index (χ2n) is 1.89. The molecule has 1 rings (SSSR count).